The Hall–Kier alpha value is 0.780. The van der Waals surface area contributed by atoms with Crippen LogP contribution >= 0.6 is 26.6 Å². The van der Waals surface area contributed by atoms with Gasteiger partial charge in [0.1, 0.15) is 0 Å². The molecule has 0 radical (unpaired) electrons. The van der Waals surface area contributed by atoms with Crippen LogP contribution in [0.4, 0.5) is 22.0 Å². The number of nitrogens with zero attached hydrogens (tertiary/aromatic N) is 1. The summed E-state index contributed by atoms with van der Waals surface area (Å²) < 4.78 is 60.0. The number of alkyl halides is 5. The van der Waals surface area contributed by atoms with Gasteiger partial charge in [0.2, 0.25) is 0 Å². The van der Waals surface area contributed by atoms with E-state index in [1.54, 1.807) is 0 Å². The molecule has 1 heterocycles. The lowest BCUT2D eigenvalue weighted by Gasteiger charge is -2.29. The van der Waals surface area contributed by atoms with Crippen LogP contribution in [0.1, 0.15) is 0 Å². The highest BCUT2D eigenvalue weighted by Gasteiger charge is 2.61. The molecular weight excluding hydrogens is 270 g/mol. The first kappa shape index (κ1) is 12.8. The second-order valence-corrected chi connectivity index (χ2v) is 5.96. The van der Waals surface area contributed by atoms with Crippen LogP contribution in [0.25, 0.3) is 0 Å². The summed E-state index contributed by atoms with van der Waals surface area (Å²) in [6.07, 6.45) is -10.8. The largest absolute Gasteiger partial charge is 0.484 e. The highest BCUT2D eigenvalue weighted by Crippen LogP contribution is 2.44. The van der Waals surface area contributed by atoms with Crippen LogP contribution < -0.4 is 9.72 Å². The van der Waals surface area contributed by atoms with E-state index >= 15 is 0 Å². The maximum Gasteiger partial charge on any atom is 0.484 e. The molecule has 0 aromatic carbocycles. The molecule has 0 bridgehead atoms. The van der Waals surface area contributed by atoms with Gasteiger partial charge < -0.3 is 0 Å². The summed E-state index contributed by atoms with van der Waals surface area (Å²) >= 11 is 0. The van der Waals surface area contributed by atoms with Crippen LogP contribution in [0, 0.1) is 0 Å². The molecule has 0 saturated carbocycles. The maximum absolute atomic E-state index is 12.3. The van der Waals surface area contributed by atoms with Crippen LogP contribution in [-0.2, 0) is 4.84 Å². The van der Waals surface area contributed by atoms with Crippen molar-refractivity contribution in [1.29, 1.82) is 0 Å². The minimum absolute atomic E-state index is 0.138. The molecule has 2 atom stereocenters. The Kier molecular flexibility index (Phi) is 4.35. The zero-order chi connectivity index (χ0) is 10.8. The molecule has 12 heteroatoms. The van der Waals surface area contributed by atoms with E-state index < -0.39 is 30.0 Å². The monoisotopic (exact) mass is 275 g/mol. The topological polar surface area (TPSA) is 36.5 Å². The summed E-state index contributed by atoms with van der Waals surface area (Å²) in [5, 5.41) is 0. The van der Waals surface area contributed by atoms with Crippen LogP contribution in [0.3, 0.4) is 0 Å². The van der Waals surface area contributed by atoms with Gasteiger partial charge in [-0.1, -0.05) is 0 Å². The van der Waals surface area contributed by atoms with Crippen LogP contribution in [0.5, 0.6) is 0 Å². The van der Waals surface area contributed by atoms with Crippen LogP contribution in [-0.4, -0.2) is 16.9 Å². The summed E-state index contributed by atoms with van der Waals surface area (Å²) in [4.78, 5) is 8.64. The van der Waals surface area contributed by atoms with Crippen molar-refractivity contribution in [2.24, 2.45) is 0 Å². The van der Waals surface area contributed by atoms with E-state index in [1.165, 1.54) is 0 Å². The Balaban J connectivity index is 2.49. The number of hydrogen-bond donors (Lipinski definition) is 2. The van der Waals surface area contributed by atoms with Gasteiger partial charge >= 0.3 is 12.3 Å². The number of nitrogens with one attached hydrogen (secondary N) is 2. The third kappa shape index (κ3) is 3.42. The standard InChI is InChI=1S/C2H5F5N3OP3/c3-1(4,5)2(6,7)11-10-13-8-12-9-14-10/h8-9,12-14H. The van der Waals surface area contributed by atoms with Crippen molar-refractivity contribution < 1.29 is 26.8 Å². The van der Waals surface area contributed by atoms with E-state index in [1.807, 2.05) is 0 Å². The molecule has 0 spiro atoms. The van der Waals surface area contributed by atoms with Gasteiger partial charge in [-0.25, -0.2) is 4.84 Å². The zero-order valence-electron chi connectivity index (χ0n) is 6.25. The second kappa shape index (κ2) is 4.74. The fraction of sp³-hybridized carbons (Fsp3) is 1.00. The van der Waals surface area contributed by atoms with E-state index in [9.17, 15) is 22.0 Å². The molecule has 84 valence electrons. The quantitative estimate of drug-likeness (QED) is 0.597. The summed E-state index contributed by atoms with van der Waals surface area (Å²) in [5.74, 6) is 0. The lowest BCUT2D eigenvalue weighted by molar-refractivity contribution is -0.419. The Morgan fingerprint density at radius 3 is 1.93 bits per heavy atom. The van der Waals surface area contributed by atoms with Crippen molar-refractivity contribution in [1.82, 2.24) is 14.3 Å². The second-order valence-electron chi connectivity index (χ2n) is 2.00. The highest BCUT2D eigenvalue weighted by molar-refractivity contribution is 7.65. The van der Waals surface area contributed by atoms with Gasteiger partial charge in [0.25, 0.3) is 0 Å². The Morgan fingerprint density at radius 2 is 1.50 bits per heavy atom. The molecule has 1 aliphatic rings. The van der Waals surface area contributed by atoms with Gasteiger partial charge in [0.15, 0.2) is 0 Å². The lowest BCUT2D eigenvalue weighted by atomic mass is 10.6. The molecule has 0 amide bonds. The van der Waals surface area contributed by atoms with Crippen LogP contribution in [0.2, 0.25) is 0 Å². The summed E-state index contributed by atoms with van der Waals surface area (Å²) in [7, 11) is -0.685. The molecule has 1 rings (SSSR count). The average molecular weight is 275 g/mol. The maximum atomic E-state index is 12.3. The van der Waals surface area contributed by atoms with Gasteiger partial charge in [-0.15, -0.1) is 4.60 Å². The highest BCUT2D eigenvalue weighted by atomic mass is 31.2. The van der Waals surface area contributed by atoms with Crippen molar-refractivity contribution in [2.45, 2.75) is 12.3 Å². The van der Waals surface area contributed by atoms with Crippen LogP contribution in [0.15, 0.2) is 0 Å². The van der Waals surface area contributed by atoms with E-state index in [2.05, 4.69) is 14.6 Å². The molecule has 1 saturated heterocycles. The Bertz CT molecular complexity index is 195. The molecule has 14 heavy (non-hydrogen) atoms. The number of rotatable bonds is 2. The van der Waals surface area contributed by atoms with Crippen molar-refractivity contribution in [3.63, 3.8) is 0 Å². The average Bonchev–Trinajstić information content (AvgIpc) is 2.03. The first-order valence-electron chi connectivity index (χ1n) is 3.03. The number of halogens is 5. The van der Waals surface area contributed by atoms with Gasteiger partial charge in [-0.05, 0) is 0 Å². The summed E-state index contributed by atoms with van der Waals surface area (Å²) in [6.45, 7) is 0. The molecular formula is C2H5F5N3OP3. The van der Waals surface area contributed by atoms with Gasteiger partial charge in [-0.2, -0.15) is 22.0 Å². The molecule has 2 unspecified atom stereocenters. The molecule has 4 nitrogen and oxygen atoms in total. The summed E-state index contributed by atoms with van der Waals surface area (Å²) in [5.41, 5.74) is 0. The summed E-state index contributed by atoms with van der Waals surface area (Å²) in [6, 6.07) is 0. The van der Waals surface area contributed by atoms with Gasteiger partial charge in [0, 0.05) is 8.88 Å². The normalized spacial score (nSPS) is 26.4. The van der Waals surface area contributed by atoms with E-state index in [0.29, 0.717) is 4.60 Å². The zero-order valence-corrected chi connectivity index (χ0v) is 9.25. The first-order valence-corrected chi connectivity index (χ1v) is 5.92. The van der Waals surface area contributed by atoms with E-state index in [-0.39, 0.29) is 8.88 Å². The van der Waals surface area contributed by atoms with E-state index in [4.69, 9.17) is 0 Å². The molecule has 0 aliphatic carbocycles. The molecule has 1 fully saturated rings. The van der Waals surface area contributed by atoms with E-state index in [0.717, 1.165) is 0 Å². The van der Waals surface area contributed by atoms with Gasteiger partial charge in [-0.3, -0.25) is 9.72 Å². The first-order chi connectivity index (χ1) is 6.33. The Morgan fingerprint density at radius 1 is 1.00 bits per heavy atom. The van der Waals surface area contributed by atoms with Gasteiger partial charge in [0.05, 0.1) is 17.8 Å². The Labute approximate surface area is 80.9 Å². The third-order valence-electron chi connectivity index (χ3n) is 0.976. The SMILES string of the molecule is FC(F)(F)C(F)(F)ON1PNPNP1. The fourth-order valence-electron chi connectivity index (χ4n) is 0.429. The minimum Gasteiger partial charge on any atom is -0.252 e. The predicted molar refractivity (Wildman–Crippen MR) is 45.1 cm³/mol. The van der Waals surface area contributed by atoms with Crippen molar-refractivity contribution in [2.75, 3.05) is 0 Å². The smallest absolute Gasteiger partial charge is 0.252 e. The molecule has 0 aromatic rings. The fourth-order valence-corrected chi connectivity index (χ4v) is 4.05. The lowest BCUT2D eigenvalue weighted by Crippen LogP contribution is -2.42. The molecule has 1 aliphatic heterocycles. The molecule has 0 aromatic heterocycles. The predicted octanol–water partition coefficient (Wildman–Crippen LogP) is 2.09. The minimum atomic E-state index is -5.69. The van der Waals surface area contributed by atoms with Crippen molar-refractivity contribution in [3.8, 4) is 0 Å². The van der Waals surface area contributed by atoms with Crippen molar-refractivity contribution in [3.05, 3.63) is 0 Å². The number of hydrogen-bond acceptors (Lipinski definition) is 4. The molecule has 2 N–H and O–H groups in total. The van der Waals surface area contributed by atoms with Crippen molar-refractivity contribution >= 4 is 26.6 Å². The third-order valence-corrected chi connectivity index (χ3v) is 4.13.